The monoisotopic (exact) mass is 306 g/mol. The zero-order chi connectivity index (χ0) is 15.8. The zero-order valence-electron chi connectivity index (χ0n) is 10.7. The smallest absolute Gasteiger partial charge is 0.351 e. The van der Waals surface area contributed by atoms with Gasteiger partial charge < -0.3 is 11.1 Å². The van der Waals surface area contributed by atoms with Crippen molar-refractivity contribution in [2.24, 2.45) is 11.7 Å². The van der Waals surface area contributed by atoms with Crippen LogP contribution in [0.4, 0.5) is 26.3 Å². The first-order chi connectivity index (χ1) is 8.85. The second-order valence-corrected chi connectivity index (χ2v) is 5.26. The van der Waals surface area contributed by atoms with Crippen molar-refractivity contribution in [2.45, 2.75) is 56.5 Å². The number of nitrogens with two attached hydrogens (primary N) is 1. The molecule has 1 aliphatic carbocycles. The van der Waals surface area contributed by atoms with E-state index in [0.717, 1.165) is 0 Å². The van der Waals surface area contributed by atoms with E-state index in [0.29, 0.717) is 6.92 Å². The quantitative estimate of drug-likeness (QED) is 0.770. The predicted octanol–water partition coefficient (Wildman–Crippen LogP) is 2.50. The molecule has 0 aromatic heterocycles. The van der Waals surface area contributed by atoms with Crippen molar-refractivity contribution in [3.8, 4) is 0 Å². The van der Waals surface area contributed by atoms with E-state index in [1.807, 2.05) is 0 Å². The molecule has 20 heavy (non-hydrogen) atoms. The van der Waals surface area contributed by atoms with E-state index < -0.39 is 35.8 Å². The molecule has 1 fully saturated rings. The molecule has 1 rings (SSSR count). The SMILES string of the molecule is CC(N)(C(=O)NC1CCC(C(F)(F)F)CC1)C(F)(F)F. The predicted molar refractivity (Wildman–Crippen MR) is 58.6 cm³/mol. The van der Waals surface area contributed by atoms with Gasteiger partial charge in [0.15, 0.2) is 5.54 Å². The Kier molecular flexibility index (Phi) is 4.62. The summed E-state index contributed by atoms with van der Waals surface area (Å²) in [6.45, 7) is 0.531. The minimum absolute atomic E-state index is 0.0101. The van der Waals surface area contributed by atoms with Crippen LogP contribution in [0, 0.1) is 5.92 Å². The number of hydrogen-bond acceptors (Lipinski definition) is 2. The molecule has 0 saturated heterocycles. The first-order valence-electron chi connectivity index (χ1n) is 6.09. The third-order valence-electron chi connectivity index (χ3n) is 3.59. The minimum Gasteiger partial charge on any atom is -0.351 e. The van der Waals surface area contributed by atoms with Crippen LogP contribution in [0.3, 0.4) is 0 Å². The summed E-state index contributed by atoms with van der Waals surface area (Å²) in [5, 5.41) is 2.09. The van der Waals surface area contributed by atoms with Crippen LogP contribution in [-0.2, 0) is 4.79 Å². The van der Waals surface area contributed by atoms with Crippen molar-refractivity contribution >= 4 is 5.91 Å². The van der Waals surface area contributed by atoms with Crippen molar-refractivity contribution in [2.75, 3.05) is 0 Å². The third-order valence-corrected chi connectivity index (χ3v) is 3.59. The van der Waals surface area contributed by atoms with Gasteiger partial charge in [-0.3, -0.25) is 4.79 Å². The van der Waals surface area contributed by atoms with Gasteiger partial charge in [0.2, 0.25) is 5.91 Å². The van der Waals surface area contributed by atoms with Gasteiger partial charge >= 0.3 is 12.4 Å². The lowest BCUT2D eigenvalue weighted by molar-refractivity contribution is -0.189. The fourth-order valence-corrected chi connectivity index (χ4v) is 2.03. The van der Waals surface area contributed by atoms with Crippen LogP contribution in [0.1, 0.15) is 32.6 Å². The molecule has 118 valence electrons. The topological polar surface area (TPSA) is 55.1 Å². The van der Waals surface area contributed by atoms with Crippen molar-refractivity contribution < 1.29 is 31.1 Å². The Morgan fingerprint density at radius 3 is 1.85 bits per heavy atom. The van der Waals surface area contributed by atoms with E-state index >= 15 is 0 Å². The summed E-state index contributed by atoms with van der Waals surface area (Å²) in [5.74, 6) is -2.87. The van der Waals surface area contributed by atoms with Gasteiger partial charge in [0.25, 0.3) is 0 Å². The normalized spacial score (nSPS) is 27.8. The zero-order valence-corrected chi connectivity index (χ0v) is 10.7. The lowest BCUT2D eigenvalue weighted by atomic mass is 9.85. The molecule has 1 amide bonds. The van der Waals surface area contributed by atoms with E-state index in [1.165, 1.54) is 0 Å². The van der Waals surface area contributed by atoms with Crippen LogP contribution in [0.2, 0.25) is 0 Å². The van der Waals surface area contributed by atoms with Gasteiger partial charge in [-0.1, -0.05) is 0 Å². The number of hydrogen-bond donors (Lipinski definition) is 2. The summed E-state index contributed by atoms with van der Waals surface area (Å²) in [5.41, 5.74) is 1.89. The summed E-state index contributed by atoms with van der Waals surface area (Å²) in [6, 6.07) is -0.702. The molecule has 9 heteroatoms. The highest BCUT2D eigenvalue weighted by atomic mass is 19.4. The van der Waals surface area contributed by atoms with Crippen molar-refractivity contribution in [3.63, 3.8) is 0 Å². The molecule has 0 aliphatic heterocycles. The summed E-state index contributed by atoms with van der Waals surface area (Å²) in [7, 11) is 0. The highest BCUT2D eigenvalue weighted by Crippen LogP contribution is 2.37. The largest absolute Gasteiger partial charge is 0.415 e. The Morgan fingerprint density at radius 2 is 1.50 bits per heavy atom. The maximum Gasteiger partial charge on any atom is 0.415 e. The molecule has 1 aliphatic rings. The van der Waals surface area contributed by atoms with E-state index in [2.05, 4.69) is 5.32 Å². The lowest BCUT2D eigenvalue weighted by Gasteiger charge is -2.33. The average Bonchev–Trinajstić information content (AvgIpc) is 2.26. The van der Waals surface area contributed by atoms with Crippen molar-refractivity contribution in [3.05, 3.63) is 0 Å². The molecule has 3 nitrogen and oxygen atoms in total. The van der Waals surface area contributed by atoms with Gasteiger partial charge in [0.05, 0.1) is 5.92 Å². The van der Waals surface area contributed by atoms with Gasteiger partial charge in [-0.25, -0.2) is 0 Å². The van der Waals surface area contributed by atoms with Crippen LogP contribution in [-0.4, -0.2) is 29.8 Å². The maximum absolute atomic E-state index is 12.5. The maximum atomic E-state index is 12.5. The molecule has 1 atom stereocenters. The lowest BCUT2D eigenvalue weighted by Crippen LogP contribution is -2.62. The summed E-state index contributed by atoms with van der Waals surface area (Å²) in [6.07, 6.45) is -9.65. The van der Waals surface area contributed by atoms with Gasteiger partial charge in [0.1, 0.15) is 0 Å². The molecule has 0 aromatic carbocycles. The summed E-state index contributed by atoms with van der Waals surface area (Å²) < 4.78 is 74.8. The van der Waals surface area contributed by atoms with E-state index in [9.17, 15) is 31.1 Å². The van der Waals surface area contributed by atoms with E-state index in [-0.39, 0.29) is 25.7 Å². The molecule has 0 bridgehead atoms. The molecular formula is C11H16F6N2O. The molecule has 0 radical (unpaired) electrons. The first kappa shape index (κ1) is 17.1. The van der Waals surface area contributed by atoms with Crippen LogP contribution in [0.25, 0.3) is 0 Å². The summed E-state index contributed by atoms with van der Waals surface area (Å²) in [4.78, 5) is 11.5. The molecule has 0 spiro atoms. The number of nitrogens with one attached hydrogen (secondary N) is 1. The van der Waals surface area contributed by atoms with E-state index in [1.54, 1.807) is 0 Å². The molecule has 0 heterocycles. The van der Waals surface area contributed by atoms with Crippen LogP contribution in [0.5, 0.6) is 0 Å². The molecule has 0 aromatic rings. The summed E-state index contributed by atoms with van der Waals surface area (Å²) >= 11 is 0. The number of alkyl halides is 6. The number of amides is 1. The fourth-order valence-electron chi connectivity index (χ4n) is 2.03. The molecular weight excluding hydrogens is 290 g/mol. The van der Waals surface area contributed by atoms with Crippen LogP contribution in [0.15, 0.2) is 0 Å². The van der Waals surface area contributed by atoms with Crippen molar-refractivity contribution in [1.82, 2.24) is 5.32 Å². The van der Waals surface area contributed by atoms with Gasteiger partial charge in [0, 0.05) is 6.04 Å². The number of rotatable bonds is 2. The highest BCUT2D eigenvalue weighted by Gasteiger charge is 2.54. The number of carbonyl (C=O) groups is 1. The number of carbonyl (C=O) groups excluding carboxylic acids is 1. The standard InChI is InChI=1S/C11H16F6N2O/c1-9(18,11(15,16)17)8(20)19-7-4-2-6(3-5-7)10(12,13)14/h6-7H,2-5,18H2,1H3,(H,19,20). The van der Waals surface area contributed by atoms with Gasteiger partial charge in [-0.05, 0) is 32.6 Å². The molecule has 1 unspecified atom stereocenters. The Morgan fingerprint density at radius 1 is 1.05 bits per heavy atom. The Labute approximate surface area is 111 Å². The van der Waals surface area contributed by atoms with E-state index in [4.69, 9.17) is 5.73 Å². The van der Waals surface area contributed by atoms with Crippen LogP contribution < -0.4 is 11.1 Å². The average molecular weight is 306 g/mol. The second-order valence-electron chi connectivity index (χ2n) is 5.26. The third kappa shape index (κ3) is 3.77. The molecule has 3 N–H and O–H groups in total. The highest BCUT2D eigenvalue weighted by molar-refractivity contribution is 5.86. The second kappa shape index (κ2) is 5.42. The fraction of sp³-hybridized carbons (Fsp3) is 0.909. The van der Waals surface area contributed by atoms with Crippen molar-refractivity contribution in [1.29, 1.82) is 0 Å². The van der Waals surface area contributed by atoms with Gasteiger partial charge in [-0.2, -0.15) is 26.3 Å². The van der Waals surface area contributed by atoms with Gasteiger partial charge in [-0.15, -0.1) is 0 Å². The number of halogens is 6. The Bertz CT molecular complexity index is 355. The first-order valence-corrected chi connectivity index (χ1v) is 6.09. The molecule has 1 saturated carbocycles. The minimum atomic E-state index is -4.92. The van der Waals surface area contributed by atoms with Crippen LogP contribution >= 0.6 is 0 Å². The Hall–Kier alpha value is -0.990. The Balaban J connectivity index is 2.55.